The molecule has 152 valence electrons. The van der Waals surface area contributed by atoms with Crippen LogP contribution in [0.15, 0.2) is 41.7 Å². The molecule has 28 heavy (non-hydrogen) atoms. The lowest BCUT2D eigenvalue weighted by atomic mass is 9.76. The van der Waals surface area contributed by atoms with Gasteiger partial charge in [-0.3, -0.25) is 10.1 Å². The van der Waals surface area contributed by atoms with E-state index in [1.807, 2.05) is 0 Å². The van der Waals surface area contributed by atoms with E-state index in [-0.39, 0.29) is 5.41 Å². The van der Waals surface area contributed by atoms with Crippen LogP contribution in [0.1, 0.15) is 63.8 Å². The lowest BCUT2D eigenvalue weighted by Crippen LogP contribution is -2.46. The topological polar surface area (TPSA) is 69.2 Å². The predicted molar refractivity (Wildman–Crippen MR) is 115 cm³/mol. The number of aliphatic imine (C=N–C) groups is 1. The van der Waals surface area contributed by atoms with E-state index < -0.39 is 0 Å². The van der Waals surface area contributed by atoms with Crippen molar-refractivity contribution in [3.63, 3.8) is 0 Å². The number of aromatic amines is 1. The molecule has 2 aromatic rings. The van der Waals surface area contributed by atoms with Crippen LogP contribution in [0.3, 0.4) is 0 Å². The van der Waals surface area contributed by atoms with Gasteiger partial charge in [0.15, 0.2) is 5.96 Å². The fourth-order valence-corrected chi connectivity index (χ4v) is 4.19. The molecule has 6 heteroatoms. The highest BCUT2D eigenvalue weighted by Crippen LogP contribution is 2.32. The first-order valence-corrected chi connectivity index (χ1v) is 10.7. The van der Waals surface area contributed by atoms with E-state index >= 15 is 0 Å². The molecule has 0 amide bonds. The van der Waals surface area contributed by atoms with Crippen LogP contribution in [-0.4, -0.2) is 52.2 Å². The molecule has 1 aliphatic rings. The van der Waals surface area contributed by atoms with Crippen molar-refractivity contribution in [2.24, 2.45) is 4.99 Å². The molecule has 1 saturated heterocycles. The Balaban J connectivity index is 1.71. The highest BCUT2D eigenvalue weighted by atomic mass is 15.3. The molecule has 1 aromatic carbocycles. The molecule has 0 bridgehead atoms. The van der Waals surface area contributed by atoms with Crippen molar-refractivity contribution in [2.45, 2.75) is 57.8 Å². The Hall–Kier alpha value is -2.37. The molecule has 1 fully saturated rings. The Morgan fingerprint density at radius 2 is 1.89 bits per heavy atom. The Bertz CT molecular complexity index is 713. The summed E-state index contributed by atoms with van der Waals surface area (Å²) in [5.74, 6) is 2.53. The van der Waals surface area contributed by atoms with Crippen LogP contribution in [-0.2, 0) is 5.41 Å². The maximum atomic E-state index is 5.11. The average molecular weight is 383 g/mol. The second-order valence-corrected chi connectivity index (χ2v) is 7.66. The average Bonchev–Trinajstić information content (AvgIpc) is 3.30. The van der Waals surface area contributed by atoms with Crippen LogP contribution in [0.5, 0.6) is 0 Å². The van der Waals surface area contributed by atoms with Crippen molar-refractivity contribution in [3.05, 3.63) is 48.0 Å². The molecule has 2 N–H and O–H groups in total. The van der Waals surface area contributed by atoms with Crippen LogP contribution in [0.25, 0.3) is 0 Å². The van der Waals surface area contributed by atoms with Crippen molar-refractivity contribution in [3.8, 4) is 0 Å². The zero-order valence-electron chi connectivity index (χ0n) is 17.5. The van der Waals surface area contributed by atoms with E-state index in [4.69, 9.17) is 4.99 Å². The van der Waals surface area contributed by atoms with Crippen molar-refractivity contribution < 1.29 is 0 Å². The fourth-order valence-electron chi connectivity index (χ4n) is 4.19. The molecular weight excluding hydrogens is 348 g/mol. The van der Waals surface area contributed by atoms with E-state index in [1.165, 1.54) is 5.56 Å². The van der Waals surface area contributed by atoms with Gasteiger partial charge in [-0.05, 0) is 38.2 Å². The van der Waals surface area contributed by atoms with Gasteiger partial charge in [0.1, 0.15) is 12.2 Å². The quantitative estimate of drug-likeness (QED) is 0.566. The van der Waals surface area contributed by atoms with Gasteiger partial charge in [0.05, 0.1) is 6.54 Å². The minimum atomic E-state index is 0.0973. The standard InChI is InChI=1S/C22H34N6/c1-4-22(5-2,19-10-8-7-9-11-19)16-24-21(23-6-3)28-14-12-18(13-15-28)20-25-17-26-27-20/h7-11,17-18H,4-6,12-16H2,1-3H3,(H,23,24)(H,25,26,27). The number of rotatable bonds is 7. The summed E-state index contributed by atoms with van der Waals surface area (Å²) in [6, 6.07) is 10.9. The molecule has 1 aromatic heterocycles. The van der Waals surface area contributed by atoms with Crippen LogP contribution in [0.4, 0.5) is 0 Å². The van der Waals surface area contributed by atoms with Crippen molar-refractivity contribution in [1.82, 2.24) is 25.4 Å². The molecule has 2 heterocycles. The summed E-state index contributed by atoms with van der Waals surface area (Å²) in [6.07, 6.45) is 5.93. The summed E-state index contributed by atoms with van der Waals surface area (Å²) < 4.78 is 0. The van der Waals surface area contributed by atoms with Gasteiger partial charge < -0.3 is 10.2 Å². The lowest BCUT2D eigenvalue weighted by molar-refractivity contribution is 0.297. The maximum absolute atomic E-state index is 5.11. The molecule has 0 radical (unpaired) electrons. The van der Waals surface area contributed by atoms with Crippen LogP contribution in [0, 0.1) is 0 Å². The van der Waals surface area contributed by atoms with E-state index in [0.717, 1.165) is 63.6 Å². The minimum absolute atomic E-state index is 0.0973. The van der Waals surface area contributed by atoms with Gasteiger partial charge in [-0.1, -0.05) is 44.2 Å². The van der Waals surface area contributed by atoms with Crippen molar-refractivity contribution in [2.75, 3.05) is 26.2 Å². The third-order valence-electron chi connectivity index (χ3n) is 6.22. The summed E-state index contributed by atoms with van der Waals surface area (Å²) in [6.45, 7) is 10.4. The molecule has 0 aliphatic carbocycles. The van der Waals surface area contributed by atoms with Crippen LogP contribution in [0.2, 0.25) is 0 Å². The number of benzene rings is 1. The van der Waals surface area contributed by atoms with Crippen molar-refractivity contribution >= 4 is 5.96 Å². The predicted octanol–water partition coefficient (Wildman–Crippen LogP) is 3.71. The fraction of sp³-hybridized carbons (Fsp3) is 0.591. The van der Waals surface area contributed by atoms with Gasteiger partial charge in [0.25, 0.3) is 0 Å². The highest BCUT2D eigenvalue weighted by molar-refractivity contribution is 5.80. The molecule has 3 rings (SSSR count). The SMILES string of the molecule is CCNC(=NCC(CC)(CC)c1ccccc1)N1CCC(c2ncn[nH]2)CC1. The summed E-state index contributed by atoms with van der Waals surface area (Å²) in [5, 5.41) is 10.5. The lowest BCUT2D eigenvalue weighted by Gasteiger charge is -2.35. The molecule has 1 aliphatic heterocycles. The molecule has 0 atom stereocenters. The van der Waals surface area contributed by atoms with Gasteiger partial charge in [-0.25, -0.2) is 4.98 Å². The summed E-state index contributed by atoms with van der Waals surface area (Å²) in [7, 11) is 0. The number of nitrogens with one attached hydrogen (secondary N) is 2. The zero-order valence-corrected chi connectivity index (χ0v) is 17.5. The summed E-state index contributed by atoms with van der Waals surface area (Å²) in [5.41, 5.74) is 1.49. The number of aromatic nitrogens is 3. The third-order valence-corrected chi connectivity index (χ3v) is 6.22. The second kappa shape index (κ2) is 9.71. The minimum Gasteiger partial charge on any atom is -0.357 e. The Kier molecular flexibility index (Phi) is 7.06. The van der Waals surface area contributed by atoms with Gasteiger partial charge in [0.2, 0.25) is 0 Å². The molecular formula is C22H34N6. The number of guanidine groups is 1. The molecule has 6 nitrogen and oxygen atoms in total. The first-order chi connectivity index (χ1) is 13.7. The summed E-state index contributed by atoms with van der Waals surface area (Å²) >= 11 is 0. The van der Waals surface area contributed by atoms with Gasteiger partial charge in [0, 0.05) is 31.0 Å². The van der Waals surface area contributed by atoms with E-state index in [1.54, 1.807) is 6.33 Å². The highest BCUT2D eigenvalue weighted by Gasteiger charge is 2.29. The number of hydrogen-bond acceptors (Lipinski definition) is 3. The largest absolute Gasteiger partial charge is 0.357 e. The van der Waals surface area contributed by atoms with Crippen molar-refractivity contribution in [1.29, 1.82) is 0 Å². The van der Waals surface area contributed by atoms with Gasteiger partial charge >= 0.3 is 0 Å². The first kappa shape index (κ1) is 20.4. The Labute approximate surface area is 168 Å². The summed E-state index contributed by atoms with van der Waals surface area (Å²) in [4.78, 5) is 11.9. The number of hydrogen-bond donors (Lipinski definition) is 2. The molecule has 0 saturated carbocycles. The molecule has 0 spiro atoms. The molecule has 0 unspecified atom stereocenters. The third kappa shape index (κ3) is 4.54. The first-order valence-electron chi connectivity index (χ1n) is 10.7. The van der Waals surface area contributed by atoms with E-state index in [2.05, 4.69) is 76.5 Å². The van der Waals surface area contributed by atoms with Crippen LogP contribution < -0.4 is 5.32 Å². The number of H-pyrrole nitrogens is 1. The number of likely N-dealkylation sites (tertiary alicyclic amines) is 1. The maximum Gasteiger partial charge on any atom is 0.193 e. The number of nitrogens with zero attached hydrogens (tertiary/aromatic N) is 4. The Morgan fingerprint density at radius 1 is 1.18 bits per heavy atom. The number of piperidine rings is 1. The van der Waals surface area contributed by atoms with E-state index in [9.17, 15) is 0 Å². The van der Waals surface area contributed by atoms with Crippen LogP contribution >= 0.6 is 0 Å². The van der Waals surface area contributed by atoms with Gasteiger partial charge in [-0.2, -0.15) is 5.10 Å². The zero-order chi connectivity index (χ0) is 19.8. The van der Waals surface area contributed by atoms with E-state index in [0.29, 0.717) is 5.92 Å². The smallest absolute Gasteiger partial charge is 0.193 e. The van der Waals surface area contributed by atoms with Gasteiger partial charge in [-0.15, -0.1) is 0 Å². The second-order valence-electron chi connectivity index (χ2n) is 7.66. The Morgan fingerprint density at radius 3 is 2.46 bits per heavy atom. The monoisotopic (exact) mass is 382 g/mol. The normalized spacial score (nSPS) is 16.4.